The molecule has 1 N–H and O–H groups in total. The first-order valence-corrected chi connectivity index (χ1v) is 7.99. The predicted octanol–water partition coefficient (Wildman–Crippen LogP) is 2.15. The molecule has 1 aliphatic heterocycles. The molecule has 0 spiro atoms. The van der Waals surface area contributed by atoms with Gasteiger partial charge in [-0.05, 0) is 19.9 Å². The van der Waals surface area contributed by atoms with E-state index in [2.05, 4.69) is 22.0 Å². The van der Waals surface area contributed by atoms with Gasteiger partial charge in [0.2, 0.25) is 0 Å². The predicted molar refractivity (Wildman–Crippen MR) is 85.3 cm³/mol. The summed E-state index contributed by atoms with van der Waals surface area (Å²) in [6, 6.07) is 3.20. The van der Waals surface area contributed by atoms with E-state index >= 15 is 0 Å². The van der Waals surface area contributed by atoms with Gasteiger partial charge in [-0.25, -0.2) is 4.98 Å². The Morgan fingerprint density at radius 2 is 2.33 bits per heavy atom. The number of halogens is 2. The Kier molecular flexibility index (Phi) is 6.70. The molecule has 0 aliphatic carbocycles. The highest BCUT2D eigenvalue weighted by molar-refractivity contribution is 5.53. The number of alkyl halides is 2. The molecule has 24 heavy (non-hydrogen) atoms. The fraction of sp³-hybridized carbons (Fsp3) is 0.625. The lowest BCUT2D eigenvalue weighted by Gasteiger charge is -2.38. The summed E-state index contributed by atoms with van der Waals surface area (Å²) in [5.41, 5.74) is 0.488. The molecule has 0 bridgehead atoms. The van der Waals surface area contributed by atoms with Gasteiger partial charge >= 0.3 is 6.61 Å². The van der Waals surface area contributed by atoms with Crippen LogP contribution in [-0.2, 0) is 4.74 Å². The van der Waals surface area contributed by atoms with Crippen molar-refractivity contribution in [3.63, 3.8) is 0 Å². The first-order valence-electron chi connectivity index (χ1n) is 7.99. The Balaban J connectivity index is 2.12. The summed E-state index contributed by atoms with van der Waals surface area (Å²) in [6.07, 6.45) is 2.54. The lowest BCUT2D eigenvalue weighted by atomic mass is 10.2. The summed E-state index contributed by atoms with van der Waals surface area (Å²) >= 11 is 0. The van der Waals surface area contributed by atoms with E-state index in [1.54, 1.807) is 6.07 Å². The third-order valence-electron chi connectivity index (χ3n) is 3.65. The van der Waals surface area contributed by atoms with E-state index in [9.17, 15) is 8.78 Å². The molecule has 0 saturated carbocycles. The van der Waals surface area contributed by atoms with Crippen LogP contribution in [0.1, 0.15) is 26.0 Å². The van der Waals surface area contributed by atoms with Gasteiger partial charge in [-0.2, -0.15) is 14.0 Å². The van der Waals surface area contributed by atoms with E-state index in [-0.39, 0.29) is 23.7 Å². The minimum absolute atomic E-state index is 0.00212. The summed E-state index contributed by atoms with van der Waals surface area (Å²) in [6.45, 7) is 3.93. The summed E-state index contributed by atoms with van der Waals surface area (Å²) in [5, 5.41) is 12.3. The van der Waals surface area contributed by atoms with Crippen LogP contribution in [0.2, 0.25) is 0 Å². The van der Waals surface area contributed by atoms with Crippen molar-refractivity contribution in [3.05, 3.63) is 18.0 Å². The normalized spacial score (nSPS) is 20.9. The van der Waals surface area contributed by atoms with Crippen molar-refractivity contribution < 1.29 is 18.3 Å². The molecule has 1 aromatic heterocycles. The first-order chi connectivity index (χ1) is 11.5. The minimum atomic E-state index is -3.00. The number of hydrogen-bond donors (Lipinski definition) is 1. The number of ether oxygens (including phenoxy) is 2. The second-order valence-electron chi connectivity index (χ2n) is 5.71. The topological polar surface area (TPSA) is 70.4 Å². The van der Waals surface area contributed by atoms with Crippen molar-refractivity contribution in [1.82, 2.24) is 10.3 Å². The van der Waals surface area contributed by atoms with Gasteiger partial charge in [0.25, 0.3) is 0 Å². The zero-order valence-corrected chi connectivity index (χ0v) is 13.8. The van der Waals surface area contributed by atoms with Crippen molar-refractivity contribution in [2.24, 2.45) is 0 Å². The maximum atomic E-state index is 12.5. The molecule has 2 rings (SSSR count). The Bertz CT molecular complexity index is 580. The van der Waals surface area contributed by atoms with Crippen LogP contribution in [0.3, 0.4) is 0 Å². The molecule has 0 aromatic carbocycles. The molecule has 132 valence electrons. The molecule has 2 atom stereocenters. The monoisotopic (exact) mass is 340 g/mol. The van der Waals surface area contributed by atoms with Crippen LogP contribution >= 0.6 is 0 Å². The van der Waals surface area contributed by atoms with Crippen molar-refractivity contribution in [2.45, 2.75) is 39.1 Å². The van der Waals surface area contributed by atoms with Crippen molar-refractivity contribution in [1.29, 1.82) is 5.26 Å². The molecular weight excluding hydrogens is 318 g/mol. The van der Waals surface area contributed by atoms with E-state index < -0.39 is 6.61 Å². The fourth-order valence-corrected chi connectivity index (χ4v) is 2.69. The van der Waals surface area contributed by atoms with Crippen LogP contribution in [0, 0.1) is 11.3 Å². The molecule has 2 unspecified atom stereocenters. The molecule has 1 saturated heterocycles. The maximum Gasteiger partial charge on any atom is 0.387 e. The molecule has 0 amide bonds. The Morgan fingerprint density at radius 3 is 3.00 bits per heavy atom. The number of nitrogens with one attached hydrogen (secondary N) is 1. The fourth-order valence-electron chi connectivity index (χ4n) is 2.69. The van der Waals surface area contributed by atoms with Gasteiger partial charge in [0.1, 0.15) is 6.07 Å². The Labute approximate surface area is 140 Å². The summed E-state index contributed by atoms with van der Waals surface area (Å²) in [7, 11) is 0. The standard InChI is InChI=1S/C16H22F2N4O2/c1-3-4-20-8-13-10-22(9-11(2)23-13)12-5-15(24-16(17)18)14(6-19)21-7-12/h5,7,11,13,16,20H,3-4,8-10H2,1-2H3. The van der Waals surface area contributed by atoms with Gasteiger partial charge in [-0.3, -0.25) is 0 Å². The third kappa shape index (κ3) is 5.01. The SMILES string of the molecule is CCCNCC1CN(c2cnc(C#N)c(OC(F)F)c2)CC(C)O1. The van der Waals surface area contributed by atoms with Gasteiger partial charge in [0.05, 0.1) is 24.1 Å². The zero-order chi connectivity index (χ0) is 17.5. The molecule has 1 aliphatic rings. The number of anilines is 1. The van der Waals surface area contributed by atoms with Crippen LogP contribution in [0.25, 0.3) is 0 Å². The number of nitriles is 1. The molecule has 2 heterocycles. The first kappa shape index (κ1) is 18.4. The largest absolute Gasteiger partial charge is 0.432 e. The van der Waals surface area contributed by atoms with Crippen LogP contribution in [0.15, 0.2) is 12.3 Å². The van der Waals surface area contributed by atoms with E-state index in [0.717, 1.165) is 19.5 Å². The minimum Gasteiger partial charge on any atom is -0.432 e. The van der Waals surface area contributed by atoms with Crippen LogP contribution in [0.4, 0.5) is 14.5 Å². The molecule has 0 radical (unpaired) electrons. The van der Waals surface area contributed by atoms with Gasteiger partial charge in [0.15, 0.2) is 11.4 Å². The van der Waals surface area contributed by atoms with Crippen LogP contribution < -0.4 is 15.0 Å². The molecular formula is C16H22F2N4O2. The molecule has 6 nitrogen and oxygen atoms in total. The number of pyridine rings is 1. The number of rotatable bonds is 7. The van der Waals surface area contributed by atoms with E-state index in [4.69, 9.17) is 10.00 Å². The average molecular weight is 340 g/mol. The van der Waals surface area contributed by atoms with E-state index in [1.807, 2.05) is 11.8 Å². The second kappa shape index (κ2) is 8.76. The maximum absolute atomic E-state index is 12.5. The smallest absolute Gasteiger partial charge is 0.387 e. The molecule has 8 heteroatoms. The second-order valence-corrected chi connectivity index (χ2v) is 5.71. The van der Waals surface area contributed by atoms with E-state index in [0.29, 0.717) is 18.8 Å². The van der Waals surface area contributed by atoms with E-state index in [1.165, 1.54) is 12.3 Å². The van der Waals surface area contributed by atoms with Crippen LogP contribution in [0.5, 0.6) is 5.75 Å². The average Bonchev–Trinajstić information content (AvgIpc) is 2.54. The third-order valence-corrected chi connectivity index (χ3v) is 3.65. The number of morpholine rings is 1. The van der Waals surface area contributed by atoms with Crippen molar-refractivity contribution in [3.8, 4) is 11.8 Å². The van der Waals surface area contributed by atoms with Gasteiger partial charge in [0, 0.05) is 25.7 Å². The van der Waals surface area contributed by atoms with Gasteiger partial charge in [-0.15, -0.1) is 0 Å². The lowest BCUT2D eigenvalue weighted by Crippen LogP contribution is -2.50. The highest BCUT2D eigenvalue weighted by Gasteiger charge is 2.26. The van der Waals surface area contributed by atoms with Crippen molar-refractivity contribution in [2.75, 3.05) is 31.1 Å². The van der Waals surface area contributed by atoms with Gasteiger partial charge < -0.3 is 19.7 Å². The zero-order valence-electron chi connectivity index (χ0n) is 13.8. The highest BCUT2D eigenvalue weighted by atomic mass is 19.3. The quantitative estimate of drug-likeness (QED) is 0.767. The van der Waals surface area contributed by atoms with Crippen LogP contribution in [-0.4, -0.2) is 50.0 Å². The number of nitrogens with zero attached hydrogens (tertiary/aromatic N) is 3. The summed E-state index contributed by atoms with van der Waals surface area (Å²) in [5.74, 6) is -0.204. The lowest BCUT2D eigenvalue weighted by molar-refractivity contribution is -0.0503. The molecule has 1 fully saturated rings. The van der Waals surface area contributed by atoms with Crippen molar-refractivity contribution >= 4 is 5.69 Å². The Hall–Kier alpha value is -1.98. The summed E-state index contributed by atoms with van der Waals surface area (Å²) in [4.78, 5) is 5.95. The summed E-state index contributed by atoms with van der Waals surface area (Å²) < 4.78 is 35.3. The van der Waals surface area contributed by atoms with Gasteiger partial charge in [-0.1, -0.05) is 6.92 Å². The molecule has 1 aromatic rings. The Morgan fingerprint density at radius 1 is 1.54 bits per heavy atom. The number of aromatic nitrogens is 1. The highest BCUT2D eigenvalue weighted by Crippen LogP contribution is 2.27. The number of hydrogen-bond acceptors (Lipinski definition) is 6.